The fourth-order valence-electron chi connectivity index (χ4n) is 2.27. The van der Waals surface area contributed by atoms with Crippen molar-refractivity contribution in [3.63, 3.8) is 0 Å². The molecule has 20 heavy (non-hydrogen) atoms. The zero-order valence-electron chi connectivity index (χ0n) is 12.3. The van der Waals surface area contributed by atoms with Gasteiger partial charge in [0.05, 0.1) is 0 Å². The summed E-state index contributed by atoms with van der Waals surface area (Å²) >= 11 is 0. The van der Waals surface area contributed by atoms with Gasteiger partial charge in [-0.15, -0.1) is 0 Å². The second kappa shape index (κ2) is 7.75. The van der Waals surface area contributed by atoms with Crippen molar-refractivity contribution in [3.05, 3.63) is 42.2 Å². The van der Waals surface area contributed by atoms with E-state index in [0.717, 1.165) is 43.9 Å². The molecule has 2 aromatic rings. The van der Waals surface area contributed by atoms with Gasteiger partial charge in [-0.25, -0.2) is 4.98 Å². The molecule has 1 unspecified atom stereocenters. The summed E-state index contributed by atoms with van der Waals surface area (Å²) in [5.41, 5.74) is 1.11. The van der Waals surface area contributed by atoms with Crippen molar-refractivity contribution in [3.8, 4) is 0 Å². The van der Waals surface area contributed by atoms with Gasteiger partial charge in [0.15, 0.2) is 0 Å². The highest BCUT2D eigenvalue weighted by Crippen LogP contribution is 2.06. The van der Waals surface area contributed by atoms with Crippen LogP contribution in [-0.2, 0) is 19.4 Å². The number of hydrogen-bond acceptors (Lipinski definition) is 4. The Labute approximate surface area is 120 Å². The highest BCUT2D eigenvalue weighted by molar-refractivity contribution is 5.06. The van der Waals surface area contributed by atoms with Gasteiger partial charge in [-0.05, 0) is 32.0 Å². The lowest BCUT2D eigenvalue weighted by molar-refractivity contribution is 0.475. The van der Waals surface area contributed by atoms with E-state index in [4.69, 9.17) is 0 Å². The van der Waals surface area contributed by atoms with Gasteiger partial charge < -0.3 is 5.32 Å². The van der Waals surface area contributed by atoms with Gasteiger partial charge in [0.2, 0.25) is 0 Å². The molecule has 0 aliphatic carbocycles. The minimum Gasteiger partial charge on any atom is -0.313 e. The average molecular weight is 273 g/mol. The second-order valence-electron chi connectivity index (χ2n) is 4.87. The molecule has 2 rings (SSSR count). The molecule has 0 fully saturated rings. The molecule has 0 saturated carbocycles. The average Bonchev–Trinajstić information content (AvgIpc) is 2.93. The van der Waals surface area contributed by atoms with Crippen molar-refractivity contribution in [1.82, 2.24) is 25.1 Å². The Morgan fingerprint density at radius 3 is 2.80 bits per heavy atom. The molecule has 2 heterocycles. The predicted octanol–water partition coefficient (Wildman–Crippen LogP) is 1.85. The van der Waals surface area contributed by atoms with Crippen LogP contribution < -0.4 is 5.32 Å². The molecule has 0 radical (unpaired) electrons. The summed E-state index contributed by atoms with van der Waals surface area (Å²) in [5.74, 6) is 1.04. The Bertz CT molecular complexity index is 494. The molecule has 0 aliphatic heterocycles. The molecule has 0 amide bonds. The third-order valence-corrected chi connectivity index (χ3v) is 3.29. The molecule has 0 bridgehead atoms. The van der Waals surface area contributed by atoms with Crippen LogP contribution in [-0.4, -0.2) is 32.3 Å². The summed E-state index contributed by atoms with van der Waals surface area (Å²) in [7, 11) is 0. The number of nitrogens with zero attached hydrogens (tertiary/aromatic N) is 4. The van der Waals surface area contributed by atoms with E-state index in [1.54, 1.807) is 6.33 Å². The van der Waals surface area contributed by atoms with Crippen molar-refractivity contribution in [1.29, 1.82) is 0 Å². The summed E-state index contributed by atoms with van der Waals surface area (Å²) in [6.45, 7) is 6.14. The Morgan fingerprint density at radius 1 is 1.20 bits per heavy atom. The predicted molar refractivity (Wildman–Crippen MR) is 79.4 cm³/mol. The van der Waals surface area contributed by atoms with E-state index >= 15 is 0 Å². The van der Waals surface area contributed by atoms with Crippen LogP contribution in [0.1, 0.15) is 31.8 Å². The first kappa shape index (κ1) is 14.7. The van der Waals surface area contributed by atoms with Crippen LogP contribution in [0.15, 0.2) is 30.7 Å². The number of nitrogens with one attached hydrogen (secondary N) is 1. The largest absolute Gasteiger partial charge is 0.313 e. The Morgan fingerprint density at radius 2 is 2.10 bits per heavy atom. The Hall–Kier alpha value is -1.75. The molecule has 0 saturated heterocycles. The smallest absolute Gasteiger partial charge is 0.138 e. The van der Waals surface area contributed by atoms with E-state index in [2.05, 4.69) is 40.3 Å². The molecule has 108 valence electrons. The molecule has 1 atom stereocenters. The van der Waals surface area contributed by atoms with E-state index in [9.17, 15) is 0 Å². The fraction of sp³-hybridized carbons (Fsp3) is 0.533. The lowest BCUT2D eigenvalue weighted by atomic mass is 10.1. The van der Waals surface area contributed by atoms with E-state index in [1.807, 2.05) is 23.0 Å². The number of aromatic nitrogens is 4. The zero-order valence-corrected chi connectivity index (χ0v) is 12.3. The number of aryl methyl sites for hydroxylation is 1. The van der Waals surface area contributed by atoms with Crippen LogP contribution in [0.4, 0.5) is 0 Å². The Kier molecular flexibility index (Phi) is 5.68. The molecule has 5 nitrogen and oxygen atoms in total. The first-order valence-corrected chi connectivity index (χ1v) is 7.33. The molecule has 0 spiro atoms. The monoisotopic (exact) mass is 273 g/mol. The van der Waals surface area contributed by atoms with Crippen LogP contribution in [0.25, 0.3) is 0 Å². The highest BCUT2D eigenvalue weighted by Gasteiger charge is 2.14. The molecular weight excluding hydrogens is 250 g/mol. The first-order chi connectivity index (χ1) is 9.83. The Balaban J connectivity index is 2.03. The van der Waals surface area contributed by atoms with Gasteiger partial charge in [-0.3, -0.25) is 9.67 Å². The molecule has 0 aliphatic rings. The topological polar surface area (TPSA) is 55.6 Å². The summed E-state index contributed by atoms with van der Waals surface area (Å²) in [4.78, 5) is 8.78. The minimum atomic E-state index is 0.347. The number of pyridine rings is 1. The highest BCUT2D eigenvalue weighted by atomic mass is 15.3. The molecule has 2 aromatic heterocycles. The van der Waals surface area contributed by atoms with Crippen LogP contribution in [0, 0.1) is 0 Å². The maximum atomic E-state index is 4.42. The zero-order chi connectivity index (χ0) is 14.2. The molecule has 0 aromatic carbocycles. The molecule has 1 N–H and O–H groups in total. The van der Waals surface area contributed by atoms with Crippen LogP contribution in [0.2, 0.25) is 0 Å². The minimum absolute atomic E-state index is 0.347. The summed E-state index contributed by atoms with van der Waals surface area (Å²) in [6, 6.07) is 6.41. The van der Waals surface area contributed by atoms with Gasteiger partial charge in [0.25, 0.3) is 0 Å². The maximum Gasteiger partial charge on any atom is 0.138 e. The van der Waals surface area contributed by atoms with Crippen molar-refractivity contribution in [2.45, 2.75) is 45.7 Å². The standard InChI is InChI=1S/C15H23N5/c1-3-8-16-14(10-13-7-5-6-9-17-13)11-15-18-12-19-20(15)4-2/h5-7,9,12,14,16H,3-4,8,10-11H2,1-2H3. The third kappa shape index (κ3) is 4.13. The van der Waals surface area contributed by atoms with Gasteiger partial charge >= 0.3 is 0 Å². The summed E-state index contributed by atoms with van der Waals surface area (Å²) in [5, 5.41) is 7.82. The van der Waals surface area contributed by atoms with E-state index < -0.39 is 0 Å². The van der Waals surface area contributed by atoms with Gasteiger partial charge in [-0.2, -0.15) is 5.10 Å². The maximum absolute atomic E-state index is 4.42. The van der Waals surface area contributed by atoms with Gasteiger partial charge in [0.1, 0.15) is 12.2 Å². The summed E-state index contributed by atoms with van der Waals surface area (Å²) in [6.07, 6.45) is 6.40. The van der Waals surface area contributed by atoms with Gasteiger partial charge in [-0.1, -0.05) is 13.0 Å². The molecular formula is C15H23N5. The quantitative estimate of drug-likeness (QED) is 0.797. The lowest BCUT2D eigenvalue weighted by Gasteiger charge is -2.18. The van der Waals surface area contributed by atoms with Crippen LogP contribution >= 0.6 is 0 Å². The summed E-state index contributed by atoms with van der Waals surface area (Å²) < 4.78 is 1.96. The third-order valence-electron chi connectivity index (χ3n) is 3.29. The van der Waals surface area contributed by atoms with Crippen LogP contribution in [0.3, 0.4) is 0 Å². The van der Waals surface area contributed by atoms with E-state index in [0.29, 0.717) is 6.04 Å². The van der Waals surface area contributed by atoms with Crippen molar-refractivity contribution < 1.29 is 0 Å². The lowest BCUT2D eigenvalue weighted by Crippen LogP contribution is -2.35. The normalized spacial score (nSPS) is 12.5. The van der Waals surface area contributed by atoms with Gasteiger partial charge in [0, 0.05) is 37.3 Å². The first-order valence-electron chi connectivity index (χ1n) is 7.33. The fourth-order valence-corrected chi connectivity index (χ4v) is 2.27. The number of rotatable bonds is 8. The van der Waals surface area contributed by atoms with Crippen molar-refractivity contribution in [2.24, 2.45) is 0 Å². The molecule has 5 heteroatoms. The van der Waals surface area contributed by atoms with Crippen molar-refractivity contribution >= 4 is 0 Å². The second-order valence-corrected chi connectivity index (χ2v) is 4.87. The SMILES string of the molecule is CCCNC(Cc1ccccn1)Cc1ncnn1CC. The number of hydrogen-bond donors (Lipinski definition) is 1. The van der Waals surface area contributed by atoms with E-state index in [1.165, 1.54) is 0 Å². The van der Waals surface area contributed by atoms with Crippen LogP contribution in [0.5, 0.6) is 0 Å². The van der Waals surface area contributed by atoms with E-state index in [-0.39, 0.29) is 0 Å². The van der Waals surface area contributed by atoms with Crippen molar-refractivity contribution in [2.75, 3.05) is 6.54 Å².